The van der Waals surface area contributed by atoms with Crippen molar-refractivity contribution in [1.29, 1.82) is 0 Å². The summed E-state index contributed by atoms with van der Waals surface area (Å²) in [5, 5.41) is 8.45. The number of nitrogens with zero attached hydrogens (tertiary/aromatic N) is 1. The molecule has 3 aromatic rings. The number of thiazole rings is 1. The summed E-state index contributed by atoms with van der Waals surface area (Å²) in [7, 11) is 0. The fourth-order valence-electron chi connectivity index (χ4n) is 2.55. The van der Waals surface area contributed by atoms with Crippen molar-refractivity contribution >= 4 is 39.9 Å². The first-order valence-electron chi connectivity index (χ1n) is 8.27. The van der Waals surface area contributed by atoms with Gasteiger partial charge in [0.25, 0.3) is 5.91 Å². The second-order valence-corrected chi connectivity index (χ2v) is 7.30. The van der Waals surface area contributed by atoms with Crippen LogP contribution in [-0.4, -0.2) is 16.8 Å². The van der Waals surface area contributed by atoms with Crippen LogP contribution in [0.4, 0.5) is 5.13 Å². The van der Waals surface area contributed by atoms with E-state index in [4.69, 9.17) is 16.0 Å². The van der Waals surface area contributed by atoms with Crippen molar-refractivity contribution in [3.63, 3.8) is 0 Å². The zero-order chi connectivity index (χ0) is 19.4. The van der Waals surface area contributed by atoms with Crippen LogP contribution < -0.4 is 10.6 Å². The van der Waals surface area contributed by atoms with Crippen molar-refractivity contribution in [1.82, 2.24) is 10.3 Å². The minimum atomic E-state index is -0.291. The lowest BCUT2D eigenvalue weighted by atomic mass is 10.1. The fraction of sp³-hybridized carbons (Fsp3) is 0.211. The molecule has 140 valence electrons. The molecule has 3 rings (SSSR count). The number of carbonyl (C=O) groups excluding carboxylic acids is 2. The third-order valence-electron chi connectivity index (χ3n) is 3.94. The summed E-state index contributed by atoms with van der Waals surface area (Å²) in [5.74, 6) is 0.0937. The van der Waals surface area contributed by atoms with E-state index in [9.17, 15) is 9.59 Å². The minimum Gasteiger partial charge on any atom is -0.469 e. The molecule has 2 N–H and O–H groups in total. The molecule has 0 saturated heterocycles. The van der Waals surface area contributed by atoms with Crippen molar-refractivity contribution in [2.75, 3.05) is 5.32 Å². The van der Waals surface area contributed by atoms with E-state index in [-0.39, 0.29) is 24.3 Å². The van der Waals surface area contributed by atoms with E-state index in [1.807, 2.05) is 25.1 Å². The van der Waals surface area contributed by atoms with Gasteiger partial charge in [-0.3, -0.25) is 14.9 Å². The second-order valence-electron chi connectivity index (χ2n) is 6.01. The Morgan fingerprint density at radius 2 is 2.15 bits per heavy atom. The molecule has 0 spiro atoms. The molecule has 1 aromatic carbocycles. The normalized spacial score (nSPS) is 11.8. The Labute approximate surface area is 165 Å². The van der Waals surface area contributed by atoms with Crippen LogP contribution in [0.3, 0.4) is 0 Å². The Balaban J connectivity index is 1.56. The number of halogens is 1. The van der Waals surface area contributed by atoms with Crippen molar-refractivity contribution in [3.05, 3.63) is 69.6 Å². The van der Waals surface area contributed by atoms with Crippen molar-refractivity contribution in [2.45, 2.75) is 26.3 Å². The van der Waals surface area contributed by atoms with Crippen LogP contribution in [0.15, 0.2) is 46.4 Å². The molecule has 27 heavy (non-hydrogen) atoms. The molecule has 1 unspecified atom stereocenters. The van der Waals surface area contributed by atoms with Crippen LogP contribution >= 0.6 is 22.9 Å². The van der Waals surface area contributed by atoms with Gasteiger partial charge >= 0.3 is 0 Å². The maximum atomic E-state index is 12.3. The summed E-state index contributed by atoms with van der Waals surface area (Å²) in [5.41, 5.74) is 1.98. The average Bonchev–Trinajstić information content (AvgIpc) is 3.23. The van der Waals surface area contributed by atoms with Gasteiger partial charge in [0.05, 0.1) is 30.0 Å². The van der Waals surface area contributed by atoms with Gasteiger partial charge in [0.15, 0.2) is 5.13 Å². The van der Waals surface area contributed by atoms with Crippen LogP contribution in [0.25, 0.3) is 0 Å². The molecule has 0 fully saturated rings. The maximum Gasteiger partial charge on any atom is 0.260 e. The fourth-order valence-corrected chi connectivity index (χ4v) is 3.45. The van der Waals surface area contributed by atoms with Gasteiger partial charge < -0.3 is 9.73 Å². The SMILES string of the molecule is Cc1occc1C(=O)Nc1nc(CC(=O)NC(C)c2cccc(Cl)c2)cs1. The molecule has 8 heteroatoms. The molecule has 0 aliphatic heterocycles. The van der Waals surface area contributed by atoms with Crippen molar-refractivity contribution in [2.24, 2.45) is 0 Å². The zero-order valence-electron chi connectivity index (χ0n) is 14.8. The number of amides is 2. The predicted octanol–water partition coefficient (Wildman–Crippen LogP) is 4.37. The zero-order valence-corrected chi connectivity index (χ0v) is 16.4. The lowest BCUT2D eigenvalue weighted by molar-refractivity contribution is -0.121. The number of aryl methyl sites for hydroxylation is 1. The van der Waals surface area contributed by atoms with Crippen LogP contribution in [0, 0.1) is 6.92 Å². The Bertz CT molecular complexity index is 967. The van der Waals surface area contributed by atoms with Crippen LogP contribution in [0.1, 0.15) is 40.3 Å². The first-order chi connectivity index (χ1) is 12.9. The largest absolute Gasteiger partial charge is 0.469 e. The van der Waals surface area contributed by atoms with Crippen molar-refractivity contribution in [3.8, 4) is 0 Å². The Morgan fingerprint density at radius 3 is 2.85 bits per heavy atom. The molecule has 2 heterocycles. The number of carbonyl (C=O) groups is 2. The van der Waals surface area contributed by atoms with E-state index < -0.39 is 0 Å². The van der Waals surface area contributed by atoms with E-state index in [1.54, 1.807) is 24.4 Å². The van der Waals surface area contributed by atoms with Gasteiger partial charge in [-0.1, -0.05) is 23.7 Å². The standard InChI is InChI=1S/C19H18ClN3O3S/c1-11(13-4-3-5-14(20)8-13)21-17(24)9-15-10-27-19(22-15)23-18(25)16-6-7-26-12(16)2/h3-8,10-11H,9H2,1-2H3,(H,21,24)(H,22,23,25). The highest BCUT2D eigenvalue weighted by Crippen LogP contribution is 2.20. The summed E-state index contributed by atoms with van der Waals surface area (Å²) >= 11 is 7.25. The summed E-state index contributed by atoms with van der Waals surface area (Å²) in [6, 6.07) is 8.79. The quantitative estimate of drug-likeness (QED) is 0.640. The van der Waals surface area contributed by atoms with Crippen molar-refractivity contribution < 1.29 is 14.0 Å². The summed E-state index contributed by atoms with van der Waals surface area (Å²) in [4.78, 5) is 28.7. The molecule has 0 aliphatic carbocycles. The molecule has 6 nitrogen and oxygen atoms in total. The predicted molar refractivity (Wildman–Crippen MR) is 105 cm³/mol. The van der Waals surface area contributed by atoms with Crippen LogP contribution in [0.5, 0.6) is 0 Å². The molecule has 1 atom stereocenters. The molecule has 2 amide bonds. The number of aromatic nitrogens is 1. The van der Waals surface area contributed by atoms with Gasteiger partial charge in [-0.25, -0.2) is 4.98 Å². The van der Waals surface area contributed by atoms with E-state index in [0.29, 0.717) is 27.2 Å². The average molecular weight is 404 g/mol. The van der Waals surface area contributed by atoms with Gasteiger partial charge in [-0.15, -0.1) is 11.3 Å². The summed E-state index contributed by atoms with van der Waals surface area (Å²) in [6.07, 6.45) is 1.59. The Hall–Kier alpha value is -2.64. The van der Waals surface area contributed by atoms with E-state index in [0.717, 1.165) is 5.56 Å². The lowest BCUT2D eigenvalue weighted by Crippen LogP contribution is -2.28. The molecule has 0 bridgehead atoms. The van der Waals surface area contributed by atoms with Crippen LogP contribution in [-0.2, 0) is 11.2 Å². The van der Waals surface area contributed by atoms with Gasteiger partial charge in [0.1, 0.15) is 5.76 Å². The minimum absolute atomic E-state index is 0.127. The number of furan rings is 1. The third kappa shape index (κ3) is 4.96. The Morgan fingerprint density at radius 1 is 1.33 bits per heavy atom. The lowest BCUT2D eigenvalue weighted by Gasteiger charge is -2.14. The molecule has 0 radical (unpaired) electrons. The first kappa shape index (κ1) is 19.1. The molecule has 0 aliphatic rings. The van der Waals surface area contributed by atoms with Gasteiger partial charge in [0.2, 0.25) is 5.91 Å². The number of rotatable bonds is 6. The van der Waals surface area contributed by atoms with Gasteiger partial charge in [-0.05, 0) is 37.6 Å². The summed E-state index contributed by atoms with van der Waals surface area (Å²) in [6.45, 7) is 3.61. The van der Waals surface area contributed by atoms with Crippen LogP contribution in [0.2, 0.25) is 5.02 Å². The number of hydrogen-bond acceptors (Lipinski definition) is 5. The van der Waals surface area contributed by atoms with E-state index in [1.165, 1.54) is 17.6 Å². The highest BCUT2D eigenvalue weighted by Gasteiger charge is 2.15. The van der Waals surface area contributed by atoms with Gasteiger partial charge in [-0.2, -0.15) is 0 Å². The highest BCUT2D eigenvalue weighted by atomic mass is 35.5. The third-order valence-corrected chi connectivity index (χ3v) is 4.99. The van der Waals surface area contributed by atoms with Gasteiger partial charge in [0, 0.05) is 10.4 Å². The number of hydrogen-bond donors (Lipinski definition) is 2. The number of benzene rings is 1. The molecular formula is C19H18ClN3O3S. The first-order valence-corrected chi connectivity index (χ1v) is 9.53. The van der Waals surface area contributed by atoms with E-state index in [2.05, 4.69) is 15.6 Å². The maximum absolute atomic E-state index is 12.3. The Kier molecular flexibility index (Phi) is 5.93. The van der Waals surface area contributed by atoms with E-state index >= 15 is 0 Å². The number of nitrogens with one attached hydrogen (secondary N) is 2. The smallest absolute Gasteiger partial charge is 0.260 e. The second kappa shape index (κ2) is 8.37. The molecule has 0 saturated carbocycles. The topological polar surface area (TPSA) is 84.2 Å². The summed E-state index contributed by atoms with van der Waals surface area (Å²) < 4.78 is 5.12. The molecular weight excluding hydrogens is 386 g/mol. The monoisotopic (exact) mass is 403 g/mol. The number of anilines is 1. The highest BCUT2D eigenvalue weighted by molar-refractivity contribution is 7.14. The molecule has 2 aromatic heterocycles.